The summed E-state index contributed by atoms with van der Waals surface area (Å²) in [4.78, 5) is 8.55. The summed E-state index contributed by atoms with van der Waals surface area (Å²) in [6.45, 7) is 9.65. The predicted octanol–water partition coefficient (Wildman–Crippen LogP) is 2.22. The largest absolute Gasteiger partial charge is 0.383 e. The van der Waals surface area contributed by atoms with E-state index in [2.05, 4.69) is 40.8 Å². The zero-order valence-corrected chi connectivity index (χ0v) is 15.4. The second-order valence-corrected chi connectivity index (χ2v) is 6.91. The van der Waals surface area contributed by atoms with E-state index in [-0.39, 0.29) is 0 Å². The number of ether oxygens (including phenoxy) is 1. The van der Waals surface area contributed by atoms with Crippen molar-refractivity contribution in [3.63, 3.8) is 0 Å². The highest BCUT2D eigenvalue weighted by Gasteiger charge is 2.28. The van der Waals surface area contributed by atoms with Crippen LogP contribution in [0.5, 0.6) is 0 Å². The molecular weight excluding hydrogens is 308 g/mol. The van der Waals surface area contributed by atoms with E-state index in [1.54, 1.807) is 18.4 Å². The molecule has 1 fully saturated rings. The van der Waals surface area contributed by atoms with Crippen molar-refractivity contribution in [3.05, 3.63) is 21.9 Å². The highest BCUT2D eigenvalue weighted by molar-refractivity contribution is 7.10. The molecule has 0 amide bonds. The zero-order valence-electron chi connectivity index (χ0n) is 14.6. The van der Waals surface area contributed by atoms with Gasteiger partial charge in [-0.1, -0.05) is 0 Å². The molecule has 1 saturated carbocycles. The number of guanidine groups is 1. The maximum Gasteiger partial charge on any atom is 0.191 e. The monoisotopic (exact) mass is 338 g/mol. The van der Waals surface area contributed by atoms with E-state index in [4.69, 9.17) is 9.73 Å². The van der Waals surface area contributed by atoms with Crippen LogP contribution in [0.3, 0.4) is 0 Å². The molecule has 0 saturated heterocycles. The van der Waals surface area contributed by atoms with Gasteiger partial charge in [0.05, 0.1) is 13.2 Å². The van der Waals surface area contributed by atoms with E-state index in [0.29, 0.717) is 0 Å². The Labute approximate surface area is 144 Å². The van der Waals surface area contributed by atoms with E-state index >= 15 is 0 Å². The maximum absolute atomic E-state index is 5.21. The third-order valence-electron chi connectivity index (χ3n) is 4.03. The number of thiophene rings is 1. The van der Waals surface area contributed by atoms with Gasteiger partial charge in [0, 0.05) is 44.2 Å². The summed E-state index contributed by atoms with van der Waals surface area (Å²) in [5.41, 5.74) is 1.33. The molecular formula is C17H30N4OS. The van der Waals surface area contributed by atoms with Crippen LogP contribution in [-0.2, 0) is 11.3 Å². The molecule has 0 bridgehead atoms. The Hall–Kier alpha value is -1.11. The first-order valence-corrected chi connectivity index (χ1v) is 9.40. The van der Waals surface area contributed by atoms with Crippen molar-refractivity contribution in [2.75, 3.05) is 39.9 Å². The Kier molecular flexibility index (Phi) is 7.85. The van der Waals surface area contributed by atoms with E-state index in [0.717, 1.165) is 51.3 Å². The van der Waals surface area contributed by atoms with E-state index < -0.39 is 0 Å². The summed E-state index contributed by atoms with van der Waals surface area (Å²) in [6.07, 6.45) is 2.66. The summed E-state index contributed by atoms with van der Waals surface area (Å²) in [5.74, 6) is 0.905. The molecule has 1 heterocycles. The van der Waals surface area contributed by atoms with Gasteiger partial charge in [-0.05, 0) is 43.7 Å². The smallest absolute Gasteiger partial charge is 0.191 e. The lowest BCUT2D eigenvalue weighted by atomic mass is 10.3. The van der Waals surface area contributed by atoms with Gasteiger partial charge in [0.25, 0.3) is 0 Å². The molecule has 1 aromatic rings. The Morgan fingerprint density at radius 3 is 2.83 bits per heavy atom. The molecule has 0 radical (unpaired) electrons. The second-order valence-electron chi connectivity index (χ2n) is 5.91. The van der Waals surface area contributed by atoms with Crippen LogP contribution in [0.25, 0.3) is 0 Å². The van der Waals surface area contributed by atoms with Gasteiger partial charge in [-0.15, -0.1) is 11.3 Å². The fourth-order valence-corrected chi connectivity index (χ4v) is 3.33. The standard InChI is InChI=1S/C17H30N4OS/c1-4-18-17(20-13-16-14(2)7-12-23-16)19-8-9-21(10-11-22-3)15-5-6-15/h7,12,15H,4-6,8-11,13H2,1-3H3,(H2,18,19,20). The van der Waals surface area contributed by atoms with Gasteiger partial charge < -0.3 is 15.4 Å². The number of nitrogens with one attached hydrogen (secondary N) is 2. The number of aliphatic imine (C=N–C) groups is 1. The number of hydrogen-bond donors (Lipinski definition) is 2. The van der Waals surface area contributed by atoms with E-state index in [1.165, 1.54) is 23.3 Å². The fourth-order valence-electron chi connectivity index (χ4n) is 2.50. The minimum absolute atomic E-state index is 0.745. The normalized spacial score (nSPS) is 15.2. The van der Waals surface area contributed by atoms with Crippen LogP contribution in [0.2, 0.25) is 0 Å². The minimum Gasteiger partial charge on any atom is -0.383 e. The minimum atomic E-state index is 0.745. The second kappa shape index (κ2) is 9.90. The lowest BCUT2D eigenvalue weighted by molar-refractivity contribution is 0.144. The number of hydrogen-bond acceptors (Lipinski definition) is 4. The summed E-state index contributed by atoms with van der Waals surface area (Å²) >= 11 is 1.77. The molecule has 23 heavy (non-hydrogen) atoms. The van der Waals surface area contributed by atoms with Crippen molar-refractivity contribution in [1.29, 1.82) is 0 Å². The van der Waals surface area contributed by atoms with Crippen molar-refractivity contribution in [1.82, 2.24) is 15.5 Å². The molecule has 0 spiro atoms. The Morgan fingerprint density at radius 2 is 2.22 bits per heavy atom. The summed E-state index contributed by atoms with van der Waals surface area (Å²) in [7, 11) is 1.77. The van der Waals surface area contributed by atoms with Gasteiger partial charge in [0.1, 0.15) is 0 Å². The summed E-state index contributed by atoms with van der Waals surface area (Å²) in [5, 5.41) is 8.91. The van der Waals surface area contributed by atoms with Gasteiger partial charge in [-0.3, -0.25) is 4.90 Å². The van der Waals surface area contributed by atoms with Crippen LogP contribution >= 0.6 is 11.3 Å². The lowest BCUT2D eigenvalue weighted by Crippen LogP contribution is -2.42. The average molecular weight is 339 g/mol. The highest BCUT2D eigenvalue weighted by Crippen LogP contribution is 2.25. The van der Waals surface area contributed by atoms with Gasteiger partial charge in [-0.2, -0.15) is 0 Å². The molecule has 1 aromatic heterocycles. The first-order chi connectivity index (χ1) is 11.2. The van der Waals surface area contributed by atoms with Crippen molar-refractivity contribution in [2.45, 2.75) is 39.3 Å². The lowest BCUT2D eigenvalue weighted by Gasteiger charge is -2.22. The number of nitrogens with zero attached hydrogens (tertiary/aromatic N) is 2. The molecule has 0 unspecified atom stereocenters. The van der Waals surface area contributed by atoms with Crippen LogP contribution in [0, 0.1) is 6.92 Å². The average Bonchev–Trinajstić information content (AvgIpc) is 3.31. The van der Waals surface area contributed by atoms with E-state index in [1.807, 2.05) is 0 Å². The third kappa shape index (κ3) is 6.49. The number of rotatable bonds is 10. The maximum atomic E-state index is 5.21. The Morgan fingerprint density at radius 1 is 1.39 bits per heavy atom. The van der Waals surface area contributed by atoms with Crippen molar-refractivity contribution in [2.24, 2.45) is 4.99 Å². The molecule has 1 aliphatic rings. The molecule has 6 heteroatoms. The first kappa shape index (κ1) is 18.2. The van der Waals surface area contributed by atoms with Gasteiger partial charge in [0.2, 0.25) is 0 Å². The molecule has 2 rings (SSSR count). The topological polar surface area (TPSA) is 48.9 Å². The van der Waals surface area contributed by atoms with Crippen molar-refractivity contribution < 1.29 is 4.74 Å². The van der Waals surface area contributed by atoms with Crippen LogP contribution in [0.15, 0.2) is 16.4 Å². The van der Waals surface area contributed by atoms with Crippen LogP contribution in [0.1, 0.15) is 30.2 Å². The third-order valence-corrected chi connectivity index (χ3v) is 5.04. The van der Waals surface area contributed by atoms with Gasteiger partial charge in [-0.25, -0.2) is 4.99 Å². The van der Waals surface area contributed by atoms with Crippen molar-refractivity contribution >= 4 is 17.3 Å². The van der Waals surface area contributed by atoms with E-state index in [9.17, 15) is 0 Å². The molecule has 2 N–H and O–H groups in total. The molecule has 0 aromatic carbocycles. The molecule has 1 aliphatic carbocycles. The summed E-state index contributed by atoms with van der Waals surface area (Å²) < 4.78 is 5.21. The molecule has 0 aliphatic heterocycles. The zero-order chi connectivity index (χ0) is 16.5. The molecule has 130 valence electrons. The van der Waals surface area contributed by atoms with Crippen LogP contribution in [-0.4, -0.2) is 56.8 Å². The Bertz CT molecular complexity index is 485. The fraction of sp³-hybridized carbons (Fsp3) is 0.706. The predicted molar refractivity (Wildman–Crippen MR) is 98.3 cm³/mol. The number of aryl methyl sites for hydroxylation is 1. The molecule has 0 atom stereocenters. The summed E-state index contributed by atoms with van der Waals surface area (Å²) in [6, 6.07) is 2.92. The van der Waals surface area contributed by atoms with Gasteiger partial charge >= 0.3 is 0 Å². The van der Waals surface area contributed by atoms with Crippen LogP contribution in [0.4, 0.5) is 0 Å². The quantitative estimate of drug-likeness (QED) is 0.507. The first-order valence-electron chi connectivity index (χ1n) is 8.52. The molecule has 5 nitrogen and oxygen atoms in total. The van der Waals surface area contributed by atoms with Crippen molar-refractivity contribution in [3.8, 4) is 0 Å². The number of methoxy groups -OCH3 is 1. The Balaban J connectivity index is 1.78. The highest BCUT2D eigenvalue weighted by atomic mass is 32.1. The SMILES string of the molecule is CCNC(=NCc1sccc1C)NCCN(CCOC)C1CC1. The van der Waals surface area contributed by atoms with Crippen LogP contribution < -0.4 is 10.6 Å². The van der Waals surface area contributed by atoms with Gasteiger partial charge in [0.15, 0.2) is 5.96 Å².